The predicted molar refractivity (Wildman–Crippen MR) is 89.3 cm³/mol. The minimum absolute atomic E-state index is 0.0898. The van der Waals surface area contributed by atoms with Gasteiger partial charge in [-0.15, -0.1) is 0 Å². The predicted octanol–water partition coefficient (Wildman–Crippen LogP) is 3.44. The summed E-state index contributed by atoms with van der Waals surface area (Å²) < 4.78 is 27.1. The molecule has 3 nitrogen and oxygen atoms in total. The normalized spacial score (nSPS) is 21.2. The van der Waals surface area contributed by atoms with Gasteiger partial charge in [0, 0.05) is 31.1 Å². The van der Waals surface area contributed by atoms with Crippen LogP contribution in [0, 0.1) is 23.5 Å². The standard InChI is InChI=1S/C19H26F2N2O/c1-14-5-11-23(12-6-14)19(24)15-7-9-22(10-8-15)13-16-3-2-4-17(20)18(16)21/h2-4,14-15H,5-13H2,1H3. The van der Waals surface area contributed by atoms with Crippen molar-refractivity contribution in [3.8, 4) is 0 Å². The number of likely N-dealkylation sites (tertiary alicyclic amines) is 2. The molecule has 5 heteroatoms. The minimum atomic E-state index is -0.795. The van der Waals surface area contributed by atoms with Crippen molar-refractivity contribution in [3.63, 3.8) is 0 Å². The number of hydrogen-bond donors (Lipinski definition) is 0. The van der Waals surface area contributed by atoms with Crippen molar-refractivity contribution < 1.29 is 13.6 Å². The Hall–Kier alpha value is -1.49. The molecule has 0 atom stereocenters. The zero-order valence-electron chi connectivity index (χ0n) is 14.3. The van der Waals surface area contributed by atoms with Gasteiger partial charge in [0.15, 0.2) is 11.6 Å². The topological polar surface area (TPSA) is 23.6 Å². The molecule has 1 aromatic carbocycles. The lowest BCUT2D eigenvalue weighted by atomic mass is 9.92. The van der Waals surface area contributed by atoms with Crippen LogP contribution < -0.4 is 0 Å². The van der Waals surface area contributed by atoms with E-state index in [4.69, 9.17) is 0 Å². The van der Waals surface area contributed by atoms with E-state index in [9.17, 15) is 13.6 Å². The Balaban J connectivity index is 1.50. The molecule has 3 rings (SSSR count). The fraction of sp³-hybridized carbons (Fsp3) is 0.632. The third-order valence-corrected chi connectivity index (χ3v) is 5.46. The number of halogens is 2. The van der Waals surface area contributed by atoms with E-state index in [1.807, 2.05) is 4.90 Å². The Morgan fingerprint density at radius 2 is 1.75 bits per heavy atom. The van der Waals surface area contributed by atoms with Crippen LogP contribution in [0.2, 0.25) is 0 Å². The third kappa shape index (κ3) is 3.94. The zero-order chi connectivity index (χ0) is 17.1. The van der Waals surface area contributed by atoms with Gasteiger partial charge in [0.2, 0.25) is 5.91 Å². The number of hydrogen-bond acceptors (Lipinski definition) is 2. The van der Waals surface area contributed by atoms with Gasteiger partial charge in [-0.1, -0.05) is 19.1 Å². The molecule has 1 amide bonds. The molecular weight excluding hydrogens is 310 g/mol. The smallest absolute Gasteiger partial charge is 0.225 e. The Bertz CT molecular complexity index is 577. The molecule has 2 aliphatic rings. The first kappa shape index (κ1) is 17.3. The van der Waals surface area contributed by atoms with Gasteiger partial charge < -0.3 is 4.90 Å². The summed E-state index contributed by atoms with van der Waals surface area (Å²) in [6.07, 6.45) is 3.82. The summed E-state index contributed by atoms with van der Waals surface area (Å²) >= 11 is 0. The van der Waals surface area contributed by atoms with Crippen LogP contribution in [0.25, 0.3) is 0 Å². The maximum atomic E-state index is 13.8. The van der Waals surface area contributed by atoms with Crippen LogP contribution in [0.1, 0.15) is 38.2 Å². The van der Waals surface area contributed by atoms with Crippen molar-refractivity contribution in [2.45, 2.75) is 39.2 Å². The zero-order valence-corrected chi connectivity index (χ0v) is 14.3. The molecule has 0 unspecified atom stereocenters. The highest BCUT2D eigenvalue weighted by Gasteiger charge is 2.30. The fourth-order valence-corrected chi connectivity index (χ4v) is 3.74. The van der Waals surface area contributed by atoms with Crippen molar-refractivity contribution in [3.05, 3.63) is 35.4 Å². The van der Waals surface area contributed by atoms with Gasteiger partial charge in [0.25, 0.3) is 0 Å². The molecular formula is C19H26F2N2O. The molecule has 0 aromatic heterocycles. The van der Waals surface area contributed by atoms with Gasteiger partial charge in [0.05, 0.1) is 0 Å². The van der Waals surface area contributed by atoms with Gasteiger partial charge in [-0.3, -0.25) is 9.69 Å². The molecule has 2 aliphatic heterocycles. The molecule has 1 aromatic rings. The van der Waals surface area contributed by atoms with Crippen LogP contribution in [-0.4, -0.2) is 41.9 Å². The molecule has 0 bridgehead atoms. The number of nitrogens with zero attached hydrogens (tertiary/aromatic N) is 2. The number of carbonyl (C=O) groups is 1. The van der Waals surface area contributed by atoms with Crippen molar-refractivity contribution in [1.29, 1.82) is 0 Å². The quantitative estimate of drug-likeness (QED) is 0.844. The summed E-state index contributed by atoms with van der Waals surface area (Å²) in [5.41, 5.74) is 0.393. The highest BCUT2D eigenvalue weighted by atomic mass is 19.2. The molecule has 2 saturated heterocycles. The lowest BCUT2D eigenvalue weighted by molar-refractivity contribution is -0.138. The van der Waals surface area contributed by atoms with Crippen LogP contribution in [-0.2, 0) is 11.3 Å². The maximum Gasteiger partial charge on any atom is 0.225 e. The fourth-order valence-electron chi connectivity index (χ4n) is 3.74. The lowest BCUT2D eigenvalue weighted by Crippen LogP contribution is -2.45. The number of rotatable bonds is 3. The molecule has 0 saturated carbocycles. The van der Waals surface area contributed by atoms with Gasteiger partial charge in [0.1, 0.15) is 0 Å². The lowest BCUT2D eigenvalue weighted by Gasteiger charge is -2.36. The van der Waals surface area contributed by atoms with E-state index in [1.54, 1.807) is 12.1 Å². The number of amides is 1. The largest absolute Gasteiger partial charge is 0.342 e. The van der Waals surface area contributed by atoms with Crippen molar-refractivity contribution in [1.82, 2.24) is 9.80 Å². The summed E-state index contributed by atoms with van der Waals surface area (Å²) in [5.74, 6) is -0.447. The molecule has 2 heterocycles. The van der Waals surface area contributed by atoms with Gasteiger partial charge >= 0.3 is 0 Å². The summed E-state index contributed by atoms with van der Waals surface area (Å²) in [7, 11) is 0. The van der Waals surface area contributed by atoms with Crippen LogP contribution in [0.5, 0.6) is 0 Å². The first-order valence-electron chi connectivity index (χ1n) is 8.98. The third-order valence-electron chi connectivity index (χ3n) is 5.46. The van der Waals surface area contributed by atoms with E-state index in [0.717, 1.165) is 63.8 Å². The Morgan fingerprint density at radius 3 is 2.42 bits per heavy atom. The monoisotopic (exact) mass is 336 g/mol. The molecule has 0 N–H and O–H groups in total. The van der Waals surface area contributed by atoms with Crippen LogP contribution in [0.4, 0.5) is 8.78 Å². The first-order valence-corrected chi connectivity index (χ1v) is 8.98. The van der Waals surface area contributed by atoms with E-state index in [1.165, 1.54) is 0 Å². The van der Waals surface area contributed by atoms with Crippen LogP contribution >= 0.6 is 0 Å². The Labute approximate surface area is 142 Å². The van der Waals surface area contributed by atoms with Crippen LogP contribution in [0.15, 0.2) is 18.2 Å². The summed E-state index contributed by atoms with van der Waals surface area (Å²) in [5, 5.41) is 0. The molecule has 24 heavy (non-hydrogen) atoms. The average molecular weight is 336 g/mol. The summed E-state index contributed by atoms with van der Waals surface area (Å²) in [6.45, 7) is 5.94. The highest BCUT2D eigenvalue weighted by Crippen LogP contribution is 2.25. The van der Waals surface area contributed by atoms with Crippen LogP contribution in [0.3, 0.4) is 0 Å². The van der Waals surface area contributed by atoms with E-state index in [0.29, 0.717) is 18.0 Å². The summed E-state index contributed by atoms with van der Waals surface area (Å²) in [6, 6.07) is 4.31. The van der Waals surface area contributed by atoms with Crippen molar-refractivity contribution in [2.75, 3.05) is 26.2 Å². The van der Waals surface area contributed by atoms with E-state index in [-0.39, 0.29) is 5.92 Å². The average Bonchev–Trinajstić information content (AvgIpc) is 2.60. The van der Waals surface area contributed by atoms with Crippen molar-refractivity contribution in [2.24, 2.45) is 11.8 Å². The molecule has 132 valence electrons. The molecule has 0 aliphatic carbocycles. The minimum Gasteiger partial charge on any atom is -0.342 e. The summed E-state index contributed by atoms with van der Waals surface area (Å²) in [4.78, 5) is 16.8. The highest BCUT2D eigenvalue weighted by molar-refractivity contribution is 5.79. The second-order valence-corrected chi connectivity index (χ2v) is 7.27. The van der Waals surface area contributed by atoms with E-state index >= 15 is 0 Å². The van der Waals surface area contributed by atoms with Gasteiger partial charge in [-0.05, 0) is 50.8 Å². The molecule has 0 spiro atoms. The van der Waals surface area contributed by atoms with Gasteiger partial charge in [-0.2, -0.15) is 0 Å². The van der Waals surface area contributed by atoms with Gasteiger partial charge in [-0.25, -0.2) is 8.78 Å². The van der Waals surface area contributed by atoms with E-state index < -0.39 is 11.6 Å². The van der Waals surface area contributed by atoms with E-state index in [2.05, 4.69) is 11.8 Å². The second kappa shape index (κ2) is 7.60. The van der Waals surface area contributed by atoms with Crippen molar-refractivity contribution >= 4 is 5.91 Å². The number of piperidine rings is 2. The molecule has 0 radical (unpaired) electrons. The number of benzene rings is 1. The second-order valence-electron chi connectivity index (χ2n) is 7.27. The SMILES string of the molecule is CC1CCN(C(=O)C2CCN(Cc3cccc(F)c3F)CC2)CC1. The number of carbonyl (C=O) groups excluding carboxylic acids is 1. The first-order chi connectivity index (χ1) is 11.5. The Morgan fingerprint density at radius 1 is 1.08 bits per heavy atom. The maximum absolute atomic E-state index is 13.8. The Kier molecular flexibility index (Phi) is 5.49. The molecule has 2 fully saturated rings.